The number of urea groups is 1. The molecule has 6 nitrogen and oxygen atoms in total. The SMILES string of the molecule is CCOC(=O)/C=N\NC(=O)N(C)C. The van der Waals surface area contributed by atoms with Gasteiger partial charge in [0.15, 0.2) is 0 Å². The summed E-state index contributed by atoms with van der Waals surface area (Å²) in [5.74, 6) is -0.582. The molecule has 0 saturated heterocycles. The molecule has 0 bridgehead atoms. The normalized spacial score (nSPS) is 9.77. The molecule has 0 aliphatic heterocycles. The number of carbonyl (C=O) groups is 2. The number of hydrogen-bond donors (Lipinski definition) is 1. The van der Waals surface area contributed by atoms with Gasteiger partial charge in [0.2, 0.25) is 0 Å². The average Bonchev–Trinajstić information content (AvgIpc) is 2.04. The lowest BCUT2D eigenvalue weighted by Gasteiger charge is -2.07. The van der Waals surface area contributed by atoms with Crippen molar-refractivity contribution in [1.82, 2.24) is 10.3 Å². The first kappa shape index (κ1) is 11.4. The molecule has 2 amide bonds. The number of rotatable bonds is 3. The van der Waals surface area contributed by atoms with Crippen LogP contribution in [0.25, 0.3) is 0 Å². The van der Waals surface area contributed by atoms with E-state index in [1.807, 2.05) is 0 Å². The van der Waals surface area contributed by atoms with Gasteiger partial charge in [0, 0.05) is 14.1 Å². The fourth-order valence-corrected chi connectivity index (χ4v) is 0.420. The van der Waals surface area contributed by atoms with Crippen LogP contribution in [-0.4, -0.2) is 43.8 Å². The summed E-state index contributed by atoms with van der Waals surface area (Å²) in [7, 11) is 3.13. The van der Waals surface area contributed by atoms with Gasteiger partial charge in [-0.1, -0.05) is 0 Å². The van der Waals surface area contributed by atoms with Crippen molar-refractivity contribution in [2.24, 2.45) is 5.10 Å². The quantitative estimate of drug-likeness (QED) is 0.378. The number of carbonyl (C=O) groups excluding carboxylic acids is 2. The number of hydrazone groups is 1. The zero-order valence-electron chi connectivity index (χ0n) is 7.90. The van der Waals surface area contributed by atoms with Gasteiger partial charge in [-0.2, -0.15) is 5.10 Å². The van der Waals surface area contributed by atoms with E-state index in [4.69, 9.17) is 0 Å². The smallest absolute Gasteiger partial charge is 0.351 e. The number of amides is 2. The molecule has 6 heteroatoms. The molecule has 0 aliphatic rings. The van der Waals surface area contributed by atoms with Gasteiger partial charge >= 0.3 is 12.0 Å². The van der Waals surface area contributed by atoms with E-state index in [0.29, 0.717) is 0 Å². The molecule has 0 spiro atoms. The van der Waals surface area contributed by atoms with Crippen molar-refractivity contribution in [1.29, 1.82) is 0 Å². The van der Waals surface area contributed by atoms with Crippen LogP contribution in [0.1, 0.15) is 6.92 Å². The summed E-state index contributed by atoms with van der Waals surface area (Å²) < 4.78 is 4.53. The first-order chi connectivity index (χ1) is 6.07. The summed E-state index contributed by atoms with van der Waals surface area (Å²) >= 11 is 0. The lowest BCUT2D eigenvalue weighted by atomic mass is 10.7. The second kappa shape index (κ2) is 5.99. The standard InChI is InChI=1S/C7H13N3O3/c1-4-13-6(11)5-8-9-7(12)10(2)3/h5H,4H2,1-3H3,(H,9,12)/b8-5-. The van der Waals surface area contributed by atoms with Crippen LogP contribution in [0.15, 0.2) is 5.10 Å². The third-order valence-electron chi connectivity index (χ3n) is 1.02. The molecule has 0 aliphatic carbocycles. The minimum atomic E-state index is -0.582. The van der Waals surface area contributed by atoms with Crippen LogP contribution in [0, 0.1) is 0 Å². The van der Waals surface area contributed by atoms with E-state index in [-0.39, 0.29) is 6.61 Å². The van der Waals surface area contributed by atoms with Crippen LogP contribution in [0.3, 0.4) is 0 Å². The molecule has 1 N–H and O–H groups in total. The van der Waals surface area contributed by atoms with Gasteiger partial charge < -0.3 is 9.64 Å². The largest absolute Gasteiger partial charge is 0.462 e. The molecule has 0 radical (unpaired) electrons. The van der Waals surface area contributed by atoms with Crippen molar-refractivity contribution >= 4 is 18.2 Å². The van der Waals surface area contributed by atoms with Crippen LogP contribution in [-0.2, 0) is 9.53 Å². The van der Waals surface area contributed by atoms with Crippen molar-refractivity contribution in [3.05, 3.63) is 0 Å². The third kappa shape index (κ3) is 5.66. The maximum atomic E-state index is 10.8. The van der Waals surface area contributed by atoms with Gasteiger partial charge in [-0.3, -0.25) is 0 Å². The first-order valence-corrected chi connectivity index (χ1v) is 3.75. The Morgan fingerprint density at radius 2 is 2.15 bits per heavy atom. The Hall–Kier alpha value is -1.59. The molecule has 0 atom stereocenters. The molecule has 0 aromatic rings. The van der Waals surface area contributed by atoms with Gasteiger partial charge in [-0.05, 0) is 6.92 Å². The Morgan fingerprint density at radius 1 is 1.54 bits per heavy atom. The molecule has 0 heterocycles. The second-order valence-corrected chi connectivity index (χ2v) is 2.32. The Bertz CT molecular complexity index is 213. The Labute approximate surface area is 76.5 Å². The predicted octanol–water partition coefficient (Wildman–Crippen LogP) is -0.194. The summed E-state index contributed by atoms with van der Waals surface area (Å²) in [5.41, 5.74) is 2.13. The van der Waals surface area contributed by atoms with E-state index >= 15 is 0 Å². The molecule has 0 fully saturated rings. The number of hydrogen-bond acceptors (Lipinski definition) is 4. The first-order valence-electron chi connectivity index (χ1n) is 3.75. The maximum Gasteiger partial charge on any atom is 0.351 e. The molecular formula is C7H13N3O3. The summed E-state index contributed by atoms with van der Waals surface area (Å²) in [6.45, 7) is 1.97. The summed E-state index contributed by atoms with van der Waals surface area (Å²) in [6.07, 6.45) is 0.908. The fourth-order valence-electron chi connectivity index (χ4n) is 0.420. The fraction of sp³-hybridized carbons (Fsp3) is 0.571. The highest BCUT2D eigenvalue weighted by atomic mass is 16.5. The van der Waals surface area contributed by atoms with Crippen molar-refractivity contribution in [3.63, 3.8) is 0 Å². The van der Waals surface area contributed by atoms with Crippen molar-refractivity contribution in [2.45, 2.75) is 6.92 Å². The lowest BCUT2D eigenvalue weighted by molar-refractivity contribution is -0.134. The Morgan fingerprint density at radius 3 is 2.62 bits per heavy atom. The van der Waals surface area contributed by atoms with Gasteiger partial charge in [0.1, 0.15) is 6.21 Å². The molecule has 13 heavy (non-hydrogen) atoms. The maximum absolute atomic E-state index is 10.8. The monoisotopic (exact) mass is 187 g/mol. The summed E-state index contributed by atoms with van der Waals surface area (Å²) in [5, 5.41) is 3.37. The van der Waals surface area contributed by atoms with Crippen LogP contribution in [0.4, 0.5) is 4.79 Å². The topological polar surface area (TPSA) is 71.0 Å². The van der Waals surface area contributed by atoms with Crippen LogP contribution in [0.5, 0.6) is 0 Å². The van der Waals surface area contributed by atoms with E-state index in [9.17, 15) is 9.59 Å². The number of esters is 1. The van der Waals surface area contributed by atoms with Crippen molar-refractivity contribution < 1.29 is 14.3 Å². The average molecular weight is 187 g/mol. The lowest BCUT2D eigenvalue weighted by Crippen LogP contribution is -2.31. The van der Waals surface area contributed by atoms with Gasteiger partial charge in [0.25, 0.3) is 0 Å². The van der Waals surface area contributed by atoms with Crippen molar-refractivity contribution in [2.75, 3.05) is 20.7 Å². The van der Waals surface area contributed by atoms with E-state index < -0.39 is 12.0 Å². The molecule has 0 rings (SSSR count). The molecule has 0 saturated carbocycles. The van der Waals surface area contributed by atoms with Gasteiger partial charge in [0.05, 0.1) is 6.61 Å². The second-order valence-electron chi connectivity index (χ2n) is 2.32. The number of nitrogens with one attached hydrogen (secondary N) is 1. The van der Waals surface area contributed by atoms with Crippen LogP contribution >= 0.6 is 0 Å². The highest BCUT2D eigenvalue weighted by Crippen LogP contribution is 1.76. The minimum Gasteiger partial charge on any atom is -0.462 e. The van der Waals surface area contributed by atoms with Gasteiger partial charge in [-0.15, -0.1) is 0 Å². The van der Waals surface area contributed by atoms with E-state index in [0.717, 1.165) is 6.21 Å². The number of nitrogens with zero attached hydrogens (tertiary/aromatic N) is 2. The molecular weight excluding hydrogens is 174 g/mol. The van der Waals surface area contributed by atoms with Crippen molar-refractivity contribution in [3.8, 4) is 0 Å². The molecule has 0 aromatic carbocycles. The number of ether oxygens (including phenoxy) is 1. The van der Waals surface area contributed by atoms with Crippen LogP contribution in [0.2, 0.25) is 0 Å². The minimum absolute atomic E-state index is 0.284. The zero-order valence-corrected chi connectivity index (χ0v) is 7.90. The highest BCUT2D eigenvalue weighted by Gasteiger charge is 2.00. The Balaban J connectivity index is 3.75. The molecule has 0 aromatic heterocycles. The summed E-state index contributed by atoms with van der Waals surface area (Å²) in [4.78, 5) is 22.8. The van der Waals surface area contributed by atoms with Crippen LogP contribution < -0.4 is 5.43 Å². The van der Waals surface area contributed by atoms with Gasteiger partial charge in [-0.25, -0.2) is 15.0 Å². The Kier molecular flexibility index (Phi) is 5.25. The molecule has 0 unspecified atom stereocenters. The third-order valence-corrected chi connectivity index (χ3v) is 1.02. The molecule has 74 valence electrons. The van der Waals surface area contributed by atoms with E-state index in [1.165, 1.54) is 4.90 Å². The van der Waals surface area contributed by atoms with E-state index in [1.54, 1.807) is 21.0 Å². The summed E-state index contributed by atoms with van der Waals surface area (Å²) in [6, 6.07) is -0.402. The van der Waals surface area contributed by atoms with E-state index in [2.05, 4.69) is 15.3 Å². The predicted molar refractivity (Wildman–Crippen MR) is 47.3 cm³/mol. The highest BCUT2D eigenvalue weighted by molar-refractivity contribution is 6.23. The zero-order chi connectivity index (χ0) is 10.3.